The zero-order chi connectivity index (χ0) is 18.9. The van der Waals surface area contributed by atoms with Crippen LogP contribution in [0, 0.1) is 13.8 Å². The van der Waals surface area contributed by atoms with Gasteiger partial charge in [-0.25, -0.2) is 13.6 Å². The van der Waals surface area contributed by atoms with E-state index in [-0.39, 0.29) is 10.7 Å². The lowest BCUT2D eigenvalue weighted by molar-refractivity contribution is 0.0921. The van der Waals surface area contributed by atoms with Crippen molar-refractivity contribution in [3.8, 4) is 5.69 Å². The summed E-state index contributed by atoms with van der Waals surface area (Å²) in [7, 11) is -3.72. The van der Waals surface area contributed by atoms with Gasteiger partial charge in [0.05, 0.1) is 11.4 Å². The molecule has 0 saturated carbocycles. The van der Waals surface area contributed by atoms with Crippen LogP contribution in [0.25, 0.3) is 5.69 Å². The number of nitrogens with two attached hydrogens (primary N) is 1. The molecule has 1 aromatic heterocycles. The first-order valence-electron chi connectivity index (χ1n) is 8.56. The Morgan fingerprint density at radius 2 is 1.77 bits per heavy atom. The second-order valence-corrected chi connectivity index (χ2v) is 8.17. The van der Waals surface area contributed by atoms with Gasteiger partial charge in [0.25, 0.3) is 0 Å². The summed E-state index contributed by atoms with van der Waals surface area (Å²) in [6, 6.07) is 8.25. The molecule has 140 valence electrons. The second kappa shape index (κ2) is 7.32. The second-order valence-electron chi connectivity index (χ2n) is 6.61. The summed E-state index contributed by atoms with van der Waals surface area (Å²) in [5.41, 5.74) is 3.28. The molecule has 0 amide bonds. The van der Waals surface area contributed by atoms with Crippen LogP contribution in [0.5, 0.6) is 0 Å². The van der Waals surface area contributed by atoms with E-state index in [1.165, 1.54) is 12.1 Å². The molecule has 0 spiro atoms. The Kier molecular flexibility index (Phi) is 5.29. The molecule has 2 heterocycles. The van der Waals surface area contributed by atoms with Crippen molar-refractivity contribution in [1.29, 1.82) is 0 Å². The average molecular weight is 376 g/mol. The van der Waals surface area contributed by atoms with Crippen molar-refractivity contribution in [2.45, 2.75) is 18.7 Å². The molecule has 1 aliphatic rings. The highest BCUT2D eigenvalue weighted by atomic mass is 32.2. The summed E-state index contributed by atoms with van der Waals surface area (Å²) < 4.78 is 24.8. The van der Waals surface area contributed by atoms with Crippen molar-refractivity contribution in [3.05, 3.63) is 47.3 Å². The maximum absolute atomic E-state index is 12.7. The van der Waals surface area contributed by atoms with Crippen LogP contribution in [0.1, 0.15) is 21.7 Å². The number of nitrogens with one attached hydrogen (secondary N) is 1. The number of aromatic nitrogens is 1. The van der Waals surface area contributed by atoms with Gasteiger partial charge < -0.3 is 9.88 Å². The largest absolute Gasteiger partial charge is 0.318 e. The molecule has 1 aliphatic heterocycles. The third-order valence-corrected chi connectivity index (χ3v) is 5.66. The molecular formula is C18H24N4O3S. The Bertz CT molecular complexity index is 911. The first kappa shape index (κ1) is 18.8. The topological polar surface area (TPSA) is 97.4 Å². The van der Waals surface area contributed by atoms with Gasteiger partial charge in [-0.15, -0.1) is 0 Å². The fourth-order valence-electron chi connectivity index (χ4n) is 3.38. The molecule has 0 unspecified atom stereocenters. The van der Waals surface area contributed by atoms with Gasteiger partial charge in [-0.05, 0) is 44.2 Å². The number of ketones is 1. The van der Waals surface area contributed by atoms with Gasteiger partial charge in [-0.2, -0.15) is 0 Å². The third kappa shape index (κ3) is 3.88. The quantitative estimate of drug-likeness (QED) is 0.754. The van der Waals surface area contributed by atoms with E-state index < -0.39 is 10.0 Å². The molecule has 0 radical (unpaired) electrons. The zero-order valence-electron chi connectivity index (χ0n) is 15.0. The molecule has 1 aromatic carbocycles. The van der Waals surface area contributed by atoms with Crippen LogP contribution in [-0.2, 0) is 10.0 Å². The van der Waals surface area contributed by atoms with E-state index in [1.807, 2.05) is 24.5 Å². The molecule has 7 nitrogen and oxygen atoms in total. The molecule has 2 aromatic rings. The highest BCUT2D eigenvalue weighted by molar-refractivity contribution is 7.89. The van der Waals surface area contributed by atoms with Gasteiger partial charge in [-0.3, -0.25) is 9.69 Å². The normalized spacial score (nSPS) is 16.0. The maximum atomic E-state index is 12.7. The van der Waals surface area contributed by atoms with E-state index in [0.29, 0.717) is 12.1 Å². The van der Waals surface area contributed by atoms with E-state index in [2.05, 4.69) is 10.2 Å². The first-order valence-corrected chi connectivity index (χ1v) is 10.1. The summed E-state index contributed by atoms with van der Waals surface area (Å²) in [4.78, 5) is 15.0. The molecule has 26 heavy (non-hydrogen) atoms. The molecule has 0 bridgehead atoms. The highest BCUT2D eigenvalue weighted by Gasteiger charge is 2.20. The number of rotatable bonds is 5. The van der Waals surface area contributed by atoms with Gasteiger partial charge in [0.1, 0.15) is 0 Å². The van der Waals surface area contributed by atoms with E-state index in [0.717, 1.165) is 43.3 Å². The minimum atomic E-state index is -3.72. The molecule has 1 fully saturated rings. The number of piperazine rings is 1. The molecule has 0 atom stereocenters. The first-order chi connectivity index (χ1) is 12.3. The molecule has 3 rings (SSSR count). The van der Waals surface area contributed by atoms with Gasteiger partial charge in [-0.1, -0.05) is 0 Å². The Labute approximate surface area is 153 Å². The van der Waals surface area contributed by atoms with Crippen LogP contribution in [-0.4, -0.2) is 56.4 Å². The predicted octanol–water partition coefficient (Wildman–Crippen LogP) is 0.829. The number of carbonyl (C=O) groups excluding carboxylic acids is 1. The Balaban J connectivity index is 1.86. The van der Waals surface area contributed by atoms with E-state index in [4.69, 9.17) is 5.14 Å². The van der Waals surface area contributed by atoms with Crippen molar-refractivity contribution in [3.63, 3.8) is 0 Å². The predicted molar refractivity (Wildman–Crippen MR) is 100 cm³/mol. The molecule has 0 aliphatic carbocycles. The zero-order valence-corrected chi connectivity index (χ0v) is 15.8. The lowest BCUT2D eigenvalue weighted by Crippen LogP contribution is -2.45. The van der Waals surface area contributed by atoms with Crippen molar-refractivity contribution >= 4 is 15.8 Å². The van der Waals surface area contributed by atoms with Gasteiger partial charge in [0.2, 0.25) is 10.0 Å². The smallest absolute Gasteiger partial charge is 0.238 e. The Morgan fingerprint density at radius 1 is 1.15 bits per heavy atom. The number of Topliss-reactive ketones (excluding diaryl/α,β-unsaturated/α-hetero) is 1. The van der Waals surface area contributed by atoms with Gasteiger partial charge in [0.15, 0.2) is 5.78 Å². The third-order valence-electron chi connectivity index (χ3n) is 4.73. The van der Waals surface area contributed by atoms with E-state index in [1.54, 1.807) is 12.1 Å². The van der Waals surface area contributed by atoms with Gasteiger partial charge in [0, 0.05) is 48.8 Å². The van der Waals surface area contributed by atoms with E-state index in [9.17, 15) is 13.2 Å². The number of primary sulfonamides is 1. The van der Waals surface area contributed by atoms with Crippen molar-refractivity contribution in [2.24, 2.45) is 5.14 Å². The maximum Gasteiger partial charge on any atom is 0.238 e. The van der Waals surface area contributed by atoms with Crippen molar-refractivity contribution in [1.82, 2.24) is 14.8 Å². The SMILES string of the molecule is Cc1cc(C(=O)CN2CCNCC2)c(C)n1-c1ccc(S(N)(=O)=O)cc1. The summed E-state index contributed by atoms with van der Waals surface area (Å²) in [5, 5.41) is 8.43. The number of sulfonamides is 1. The standard InChI is InChI=1S/C18H24N4O3S/c1-13-11-17(18(23)12-21-9-7-20-8-10-21)14(2)22(13)15-3-5-16(6-4-15)26(19,24)25/h3-6,11,20H,7-10,12H2,1-2H3,(H2,19,24,25). The number of hydrogen-bond acceptors (Lipinski definition) is 5. The number of aryl methyl sites for hydroxylation is 1. The minimum Gasteiger partial charge on any atom is -0.318 e. The molecular weight excluding hydrogens is 352 g/mol. The van der Waals surface area contributed by atoms with Gasteiger partial charge >= 0.3 is 0 Å². The fourth-order valence-corrected chi connectivity index (χ4v) is 3.90. The van der Waals surface area contributed by atoms with Crippen LogP contribution < -0.4 is 10.5 Å². The molecule has 1 saturated heterocycles. The Morgan fingerprint density at radius 3 is 2.35 bits per heavy atom. The number of carbonyl (C=O) groups is 1. The lowest BCUT2D eigenvalue weighted by atomic mass is 10.1. The van der Waals surface area contributed by atoms with Crippen molar-refractivity contribution in [2.75, 3.05) is 32.7 Å². The summed E-state index contributed by atoms with van der Waals surface area (Å²) in [6.07, 6.45) is 0. The van der Waals surface area contributed by atoms with Crippen LogP contribution in [0.15, 0.2) is 35.2 Å². The van der Waals surface area contributed by atoms with Crippen LogP contribution in [0.4, 0.5) is 0 Å². The lowest BCUT2D eigenvalue weighted by Gasteiger charge is -2.26. The van der Waals surface area contributed by atoms with Crippen LogP contribution in [0.2, 0.25) is 0 Å². The minimum absolute atomic E-state index is 0.0683. The Hall–Kier alpha value is -2.00. The summed E-state index contributed by atoms with van der Waals surface area (Å²) in [6.45, 7) is 7.81. The fraction of sp³-hybridized carbons (Fsp3) is 0.389. The number of hydrogen-bond donors (Lipinski definition) is 2. The number of benzene rings is 1. The average Bonchev–Trinajstić information content (AvgIpc) is 2.90. The monoisotopic (exact) mass is 376 g/mol. The summed E-state index contributed by atoms with van der Waals surface area (Å²) >= 11 is 0. The highest BCUT2D eigenvalue weighted by Crippen LogP contribution is 2.22. The van der Waals surface area contributed by atoms with Crippen LogP contribution in [0.3, 0.4) is 0 Å². The molecule has 3 N–H and O–H groups in total. The van der Waals surface area contributed by atoms with Crippen LogP contribution >= 0.6 is 0 Å². The van der Waals surface area contributed by atoms with E-state index >= 15 is 0 Å². The summed E-state index contributed by atoms with van der Waals surface area (Å²) in [5.74, 6) is 0.104. The molecule has 8 heteroatoms. The van der Waals surface area contributed by atoms with Crippen molar-refractivity contribution < 1.29 is 13.2 Å². The number of nitrogens with zero attached hydrogens (tertiary/aromatic N) is 2.